The van der Waals surface area contributed by atoms with Gasteiger partial charge in [0.2, 0.25) is 10.0 Å². The number of rotatable bonds is 3. The number of nitrogens with zero attached hydrogens (tertiary/aromatic N) is 1. The molecule has 0 radical (unpaired) electrons. The summed E-state index contributed by atoms with van der Waals surface area (Å²) < 4.78 is 30.9. The quantitative estimate of drug-likeness (QED) is 0.669. The number of carbonyl (C=O) groups excluding carboxylic acids is 1. The molecule has 0 amide bonds. The van der Waals surface area contributed by atoms with Gasteiger partial charge >= 0.3 is 5.97 Å². The van der Waals surface area contributed by atoms with Crippen LogP contribution in [0.1, 0.15) is 12.8 Å². The van der Waals surface area contributed by atoms with E-state index in [-0.39, 0.29) is 22.2 Å². The number of carbonyl (C=O) groups is 1. The molecular formula is C12H15ClN2O4S. The normalized spacial score (nSPS) is 20.0. The van der Waals surface area contributed by atoms with Gasteiger partial charge in [-0.3, -0.25) is 4.79 Å². The van der Waals surface area contributed by atoms with E-state index in [0.29, 0.717) is 12.8 Å². The Morgan fingerprint density at radius 3 is 2.80 bits per heavy atom. The molecule has 0 aromatic heterocycles. The molecule has 1 aromatic carbocycles. The van der Waals surface area contributed by atoms with E-state index in [1.54, 1.807) is 0 Å². The molecular weight excluding hydrogens is 304 g/mol. The molecule has 1 aliphatic heterocycles. The highest BCUT2D eigenvalue weighted by molar-refractivity contribution is 7.89. The monoisotopic (exact) mass is 318 g/mol. The number of anilines is 1. The first-order valence-electron chi connectivity index (χ1n) is 6.02. The fourth-order valence-electron chi connectivity index (χ4n) is 2.22. The van der Waals surface area contributed by atoms with E-state index in [4.69, 9.17) is 17.3 Å². The predicted octanol–water partition coefficient (Wildman–Crippen LogP) is 1.25. The van der Waals surface area contributed by atoms with Gasteiger partial charge in [-0.2, -0.15) is 4.31 Å². The molecule has 0 bridgehead atoms. The fraction of sp³-hybridized carbons (Fsp3) is 0.417. The van der Waals surface area contributed by atoms with Gasteiger partial charge in [-0.25, -0.2) is 8.42 Å². The Balaban J connectivity index is 2.38. The van der Waals surface area contributed by atoms with Crippen LogP contribution < -0.4 is 5.73 Å². The van der Waals surface area contributed by atoms with Gasteiger partial charge in [-0.05, 0) is 31.0 Å². The van der Waals surface area contributed by atoms with Gasteiger partial charge < -0.3 is 10.5 Å². The van der Waals surface area contributed by atoms with E-state index < -0.39 is 22.0 Å². The van der Waals surface area contributed by atoms with Crippen molar-refractivity contribution in [3.63, 3.8) is 0 Å². The van der Waals surface area contributed by atoms with Crippen molar-refractivity contribution in [3.8, 4) is 0 Å². The second kappa shape index (κ2) is 5.59. The van der Waals surface area contributed by atoms with Crippen LogP contribution in [-0.2, 0) is 19.6 Å². The number of sulfonamides is 1. The lowest BCUT2D eigenvalue weighted by Gasteiger charge is -2.22. The summed E-state index contributed by atoms with van der Waals surface area (Å²) in [5.41, 5.74) is 5.81. The summed E-state index contributed by atoms with van der Waals surface area (Å²) in [5, 5.41) is 0.287. The Labute approximate surface area is 122 Å². The van der Waals surface area contributed by atoms with Crippen molar-refractivity contribution in [1.82, 2.24) is 4.31 Å². The van der Waals surface area contributed by atoms with Gasteiger partial charge in [0.25, 0.3) is 0 Å². The third-order valence-corrected chi connectivity index (χ3v) is 5.50. The van der Waals surface area contributed by atoms with Gasteiger partial charge in [-0.1, -0.05) is 11.6 Å². The van der Waals surface area contributed by atoms with Gasteiger partial charge in [0, 0.05) is 6.54 Å². The third kappa shape index (κ3) is 2.61. The zero-order valence-electron chi connectivity index (χ0n) is 10.9. The molecule has 2 rings (SSSR count). The number of hydrogen-bond donors (Lipinski definition) is 1. The molecule has 20 heavy (non-hydrogen) atoms. The van der Waals surface area contributed by atoms with Crippen LogP contribution in [0, 0.1) is 0 Å². The van der Waals surface area contributed by atoms with E-state index in [9.17, 15) is 13.2 Å². The van der Waals surface area contributed by atoms with Crippen molar-refractivity contribution in [3.05, 3.63) is 23.2 Å². The lowest BCUT2D eigenvalue weighted by atomic mass is 10.2. The maximum absolute atomic E-state index is 12.5. The smallest absolute Gasteiger partial charge is 0.324 e. The molecule has 1 fully saturated rings. The highest BCUT2D eigenvalue weighted by atomic mass is 35.5. The minimum absolute atomic E-state index is 0.0233. The lowest BCUT2D eigenvalue weighted by Crippen LogP contribution is -2.41. The molecule has 1 heterocycles. The molecule has 110 valence electrons. The summed E-state index contributed by atoms with van der Waals surface area (Å²) in [4.78, 5) is 11.7. The number of nitrogens with two attached hydrogens (primary N) is 1. The third-order valence-electron chi connectivity index (χ3n) is 3.25. The van der Waals surface area contributed by atoms with Crippen molar-refractivity contribution >= 4 is 33.3 Å². The van der Waals surface area contributed by atoms with Crippen LogP contribution in [0.5, 0.6) is 0 Å². The van der Waals surface area contributed by atoms with Crippen molar-refractivity contribution in [2.24, 2.45) is 0 Å². The number of methoxy groups -OCH3 is 1. The molecule has 0 spiro atoms. The van der Waals surface area contributed by atoms with Crippen molar-refractivity contribution in [2.45, 2.75) is 23.8 Å². The van der Waals surface area contributed by atoms with Crippen molar-refractivity contribution in [1.29, 1.82) is 0 Å². The Morgan fingerprint density at radius 2 is 2.20 bits per heavy atom. The van der Waals surface area contributed by atoms with Crippen LogP contribution in [0.3, 0.4) is 0 Å². The fourth-order valence-corrected chi connectivity index (χ4v) is 4.02. The van der Waals surface area contributed by atoms with Crippen molar-refractivity contribution < 1.29 is 17.9 Å². The number of halogens is 1. The average molecular weight is 319 g/mol. The second-order valence-corrected chi connectivity index (χ2v) is 6.78. The largest absolute Gasteiger partial charge is 0.468 e. The molecule has 2 N–H and O–H groups in total. The second-order valence-electron chi connectivity index (χ2n) is 4.48. The molecule has 1 aliphatic rings. The molecule has 1 saturated heterocycles. The molecule has 0 unspecified atom stereocenters. The van der Waals surface area contributed by atoms with E-state index >= 15 is 0 Å². The minimum atomic E-state index is -3.79. The number of benzene rings is 1. The average Bonchev–Trinajstić information content (AvgIpc) is 2.90. The maximum atomic E-state index is 12.5. The summed E-state index contributed by atoms with van der Waals surface area (Å²) in [7, 11) is -2.55. The molecule has 1 atom stereocenters. The molecule has 0 saturated carbocycles. The summed E-state index contributed by atoms with van der Waals surface area (Å²) >= 11 is 5.78. The Hall–Kier alpha value is -1.31. The summed E-state index contributed by atoms with van der Waals surface area (Å²) in [6.45, 7) is 0.282. The van der Waals surface area contributed by atoms with Gasteiger partial charge in [0.05, 0.1) is 22.7 Å². The van der Waals surface area contributed by atoms with E-state index in [1.807, 2.05) is 0 Å². The molecule has 0 aliphatic carbocycles. The van der Waals surface area contributed by atoms with Gasteiger partial charge in [-0.15, -0.1) is 0 Å². The highest BCUT2D eigenvalue weighted by Gasteiger charge is 2.40. The molecule has 6 nitrogen and oxygen atoms in total. The first kappa shape index (κ1) is 15.1. The highest BCUT2D eigenvalue weighted by Crippen LogP contribution is 2.29. The zero-order chi connectivity index (χ0) is 14.9. The Kier molecular flexibility index (Phi) is 4.22. The predicted molar refractivity (Wildman–Crippen MR) is 74.8 cm³/mol. The summed E-state index contributed by atoms with van der Waals surface area (Å²) in [6.07, 6.45) is 1.07. The van der Waals surface area contributed by atoms with Crippen molar-refractivity contribution in [2.75, 3.05) is 19.4 Å². The summed E-state index contributed by atoms with van der Waals surface area (Å²) in [5.74, 6) is -0.548. The van der Waals surface area contributed by atoms with E-state index in [1.165, 1.54) is 25.3 Å². The SMILES string of the molecule is COC(=O)[C@@H]1CCCN1S(=O)(=O)c1ccc(Cl)c(N)c1. The van der Waals surface area contributed by atoms with Crippen LogP contribution in [0.4, 0.5) is 5.69 Å². The number of nitrogen functional groups attached to an aromatic ring is 1. The molecule has 8 heteroatoms. The van der Waals surface area contributed by atoms with Crippen LogP contribution >= 0.6 is 11.6 Å². The van der Waals surface area contributed by atoms with E-state index in [0.717, 1.165) is 4.31 Å². The van der Waals surface area contributed by atoms with Crippen LogP contribution in [-0.4, -0.2) is 38.4 Å². The standard InChI is InChI=1S/C12H15ClN2O4S/c1-19-12(16)11-3-2-6-15(11)20(17,18)8-4-5-9(13)10(14)7-8/h4-5,7,11H,2-3,6,14H2,1H3/t11-/m0/s1. The lowest BCUT2D eigenvalue weighted by molar-refractivity contribution is -0.144. The Bertz CT molecular complexity index is 632. The minimum Gasteiger partial charge on any atom is -0.468 e. The number of esters is 1. The van der Waals surface area contributed by atoms with Gasteiger partial charge in [0.15, 0.2) is 0 Å². The Morgan fingerprint density at radius 1 is 1.50 bits per heavy atom. The van der Waals surface area contributed by atoms with Crippen LogP contribution in [0.2, 0.25) is 5.02 Å². The van der Waals surface area contributed by atoms with E-state index in [2.05, 4.69) is 4.74 Å². The first-order valence-corrected chi connectivity index (χ1v) is 7.84. The number of ether oxygens (including phenoxy) is 1. The topological polar surface area (TPSA) is 89.7 Å². The van der Waals surface area contributed by atoms with Crippen LogP contribution in [0.25, 0.3) is 0 Å². The van der Waals surface area contributed by atoms with Gasteiger partial charge in [0.1, 0.15) is 6.04 Å². The summed E-state index contributed by atoms with van der Waals surface area (Å²) in [6, 6.07) is 3.32. The number of hydrogen-bond acceptors (Lipinski definition) is 5. The molecule has 1 aromatic rings. The zero-order valence-corrected chi connectivity index (χ0v) is 12.4. The first-order chi connectivity index (χ1) is 9.37. The maximum Gasteiger partial charge on any atom is 0.324 e. The van der Waals surface area contributed by atoms with Crippen LogP contribution in [0.15, 0.2) is 23.1 Å².